The molecule has 0 radical (unpaired) electrons. The molecule has 4 rings (SSSR count). The zero-order chi connectivity index (χ0) is 19.0. The van der Waals surface area contributed by atoms with E-state index in [1.54, 1.807) is 20.4 Å². The molecule has 1 atom stereocenters. The maximum Gasteiger partial charge on any atom is 0.126 e. The number of fused-ring (bicyclic) bond motifs is 1. The number of methoxy groups -OCH3 is 1. The fraction of sp³-hybridized carbons (Fsp3) is 0.136. The first-order chi connectivity index (χ1) is 13.1. The number of rotatable bonds is 4. The highest BCUT2D eigenvalue weighted by atomic mass is 35.5. The molecule has 0 saturated heterocycles. The average molecular weight is 379 g/mol. The van der Waals surface area contributed by atoms with Gasteiger partial charge in [0.25, 0.3) is 0 Å². The summed E-state index contributed by atoms with van der Waals surface area (Å²) in [5.74, 6) is 0.772. The zero-order valence-corrected chi connectivity index (χ0v) is 15.8. The monoisotopic (exact) mass is 378 g/mol. The highest BCUT2D eigenvalue weighted by molar-refractivity contribution is 6.33. The van der Waals surface area contributed by atoms with E-state index in [1.165, 1.54) is 0 Å². The van der Waals surface area contributed by atoms with E-state index in [0.717, 1.165) is 39.2 Å². The van der Waals surface area contributed by atoms with E-state index in [0.29, 0.717) is 5.02 Å². The molecule has 0 bridgehead atoms. The van der Waals surface area contributed by atoms with Crippen molar-refractivity contribution >= 4 is 22.6 Å². The lowest BCUT2D eigenvalue weighted by Gasteiger charge is -2.13. The summed E-state index contributed by atoms with van der Waals surface area (Å²) in [5.41, 5.74) is 5.43. The van der Waals surface area contributed by atoms with Gasteiger partial charge in [0, 0.05) is 21.8 Å². The van der Waals surface area contributed by atoms with Gasteiger partial charge < -0.3 is 9.84 Å². The number of ether oxygens (including phenoxy) is 1. The van der Waals surface area contributed by atoms with Crippen LogP contribution in [0.1, 0.15) is 18.6 Å². The molecule has 1 unspecified atom stereocenters. The second kappa shape index (κ2) is 7.06. The highest BCUT2D eigenvalue weighted by Gasteiger charge is 2.13. The minimum Gasteiger partial charge on any atom is -0.496 e. The molecule has 136 valence electrons. The van der Waals surface area contributed by atoms with Crippen molar-refractivity contribution in [2.24, 2.45) is 0 Å². The normalized spacial score (nSPS) is 12.3. The molecular formula is C22H19ClN2O2. The Labute approximate surface area is 162 Å². The predicted molar refractivity (Wildman–Crippen MR) is 109 cm³/mol. The maximum absolute atomic E-state index is 9.79. The summed E-state index contributed by atoms with van der Waals surface area (Å²) >= 11 is 6.49. The van der Waals surface area contributed by atoms with Gasteiger partial charge in [0.2, 0.25) is 0 Å². The molecule has 27 heavy (non-hydrogen) atoms. The van der Waals surface area contributed by atoms with Gasteiger partial charge >= 0.3 is 0 Å². The molecule has 0 saturated carbocycles. The van der Waals surface area contributed by atoms with E-state index in [-0.39, 0.29) is 0 Å². The number of halogens is 1. The Morgan fingerprint density at radius 3 is 2.63 bits per heavy atom. The third-order valence-electron chi connectivity index (χ3n) is 4.68. The van der Waals surface area contributed by atoms with Gasteiger partial charge in [0.15, 0.2) is 0 Å². The van der Waals surface area contributed by atoms with Gasteiger partial charge in [-0.2, -0.15) is 0 Å². The fourth-order valence-corrected chi connectivity index (χ4v) is 3.45. The maximum atomic E-state index is 9.79. The number of aromatic nitrogens is 2. The summed E-state index contributed by atoms with van der Waals surface area (Å²) in [6.45, 7) is 1.75. The quantitative estimate of drug-likeness (QED) is 0.516. The molecule has 3 aromatic carbocycles. The van der Waals surface area contributed by atoms with Crippen LogP contribution in [-0.4, -0.2) is 21.8 Å². The summed E-state index contributed by atoms with van der Waals surface area (Å²) in [6, 6.07) is 19.5. The van der Waals surface area contributed by atoms with E-state index in [2.05, 4.69) is 4.98 Å². The van der Waals surface area contributed by atoms with Crippen LogP contribution in [0.2, 0.25) is 5.02 Å². The number of hydrogen-bond acceptors (Lipinski definition) is 3. The number of nitrogens with zero attached hydrogens (tertiary/aromatic N) is 2. The molecule has 4 nitrogen and oxygen atoms in total. The van der Waals surface area contributed by atoms with Crippen molar-refractivity contribution in [2.45, 2.75) is 13.0 Å². The van der Waals surface area contributed by atoms with Crippen molar-refractivity contribution in [3.63, 3.8) is 0 Å². The largest absolute Gasteiger partial charge is 0.496 e. The molecule has 1 N–H and O–H groups in total. The van der Waals surface area contributed by atoms with Crippen LogP contribution in [0.25, 0.3) is 27.8 Å². The van der Waals surface area contributed by atoms with Gasteiger partial charge in [-0.3, -0.25) is 4.57 Å². The standard InChI is InChI=1S/C22H19ClN2O2/c1-14(26)15-7-10-21-20(11-15)24-13-25(21)16-8-9-19(23)18(12-16)17-5-3-4-6-22(17)27-2/h3-14,26H,1-2H3. The lowest BCUT2D eigenvalue weighted by atomic mass is 10.0. The van der Waals surface area contributed by atoms with Crippen LogP contribution in [-0.2, 0) is 0 Å². The van der Waals surface area contributed by atoms with Crippen LogP contribution in [0.15, 0.2) is 67.0 Å². The minimum absolute atomic E-state index is 0.521. The Kier molecular flexibility index (Phi) is 4.60. The van der Waals surface area contributed by atoms with Crippen LogP contribution in [0.3, 0.4) is 0 Å². The third kappa shape index (κ3) is 3.18. The van der Waals surface area contributed by atoms with Gasteiger partial charge in [-0.05, 0) is 48.9 Å². The average Bonchev–Trinajstić information content (AvgIpc) is 3.11. The molecule has 0 aliphatic rings. The van der Waals surface area contributed by atoms with Crippen LogP contribution in [0.4, 0.5) is 0 Å². The fourth-order valence-electron chi connectivity index (χ4n) is 3.23. The summed E-state index contributed by atoms with van der Waals surface area (Å²) in [7, 11) is 1.65. The molecule has 1 heterocycles. The molecule has 0 aliphatic carbocycles. The highest BCUT2D eigenvalue weighted by Crippen LogP contribution is 2.36. The first kappa shape index (κ1) is 17.6. The lowest BCUT2D eigenvalue weighted by Crippen LogP contribution is -1.95. The third-order valence-corrected chi connectivity index (χ3v) is 5.01. The van der Waals surface area contributed by atoms with Gasteiger partial charge in [0.1, 0.15) is 12.1 Å². The first-order valence-corrected chi connectivity index (χ1v) is 9.04. The number of benzene rings is 3. The van der Waals surface area contributed by atoms with Gasteiger partial charge in [-0.25, -0.2) is 4.98 Å². The Morgan fingerprint density at radius 2 is 1.85 bits per heavy atom. The smallest absolute Gasteiger partial charge is 0.126 e. The summed E-state index contributed by atoms with van der Waals surface area (Å²) in [4.78, 5) is 4.49. The number of hydrogen-bond donors (Lipinski definition) is 1. The molecule has 1 aromatic heterocycles. The van der Waals surface area contributed by atoms with Crippen molar-refractivity contribution in [1.82, 2.24) is 9.55 Å². The SMILES string of the molecule is COc1ccccc1-c1cc(-n2cnc3cc(C(C)O)ccc32)ccc1Cl. The Hall–Kier alpha value is -2.82. The zero-order valence-electron chi connectivity index (χ0n) is 15.1. The minimum atomic E-state index is -0.521. The van der Waals surface area contributed by atoms with Crippen molar-refractivity contribution in [3.8, 4) is 22.6 Å². The summed E-state index contributed by atoms with van der Waals surface area (Å²) in [6.07, 6.45) is 1.26. The molecule has 5 heteroatoms. The topological polar surface area (TPSA) is 47.3 Å². The van der Waals surface area contributed by atoms with Crippen LogP contribution < -0.4 is 4.74 Å². The lowest BCUT2D eigenvalue weighted by molar-refractivity contribution is 0.199. The molecular weight excluding hydrogens is 360 g/mol. The van der Waals surface area contributed by atoms with Crippen molar-refractivity contribution in [3.05, 3.63) is 77.6 Å². The van der Waals surface area contributed by atoms with Crippen LogP contribution in [0.5, 0.6) is 5.75 Å². The second-order valence-electron chi connectivity index (χ2n) is 6.40. The number of aliphatic hydroxyl groups is 1. The molecule has 0 aliphatic heterocycles. The van der Waals surface area contributed by atoms with Gasteiger partial charge in [-0.15, -0.1) is 0 Å². The predicted octanol–water partition coefficient (Wildman–Crippen LogP) is 5.41. The van der Waals surface area contributed by atoms with E-state index in [4.69, 9.17) is 16.3 Å². The second-order valence-corrected chi connectivity index (χ2v) is 6.81. The van der Waals surface area contributed by atoms with Gasteiger partial charge in [0.05, 0.1) is 24.2 Å². The summed E-state index contributed by atoms with van der Waals surface area (Å²) < 4.78 is 7.50. The van der Waals surface area contributed by atoms with Gasteiger partial charge in [-0.1, -0.05) is 35.9 Å². The molecule has 0 fully saturated rings. The number of imidazole rings is 1. The van der Waals surface area contributed by atoms with E-state index in [9.17, 15) is 5.11 Å². The Balaban J connectivity index is 1.85. The number of para-hydroxylation sites is 1. The van der Waals surface area contributed by atoms with E-state index in [1.807, 2.05) is 65.2 Å². The van der Waals surface area contributed by atoms with Crippen molar-refractivity contribution in [2.75, 3.05) is 7.11 Å². The summed E-state index contributed by atoms with van der Waals surface area (Å²) in [5, 5.41) is 10.4. The van der Waals surface area contributed by atoms with E-state index >= 15 is 0 Å². The molecule has 0 amide bonds. The Morgan fingerprint density at radius 1 is 1.04 bits per heavy atom. The van der Waals surface area contributed by atoms with E-state index < -0.39 is 6.10 Å². The van der Waals surface area contributed by atoms with Crippen LogP contribution >= 0.6 is 11.6 Å². The number of aliphatic hydroxyl groups excluding tert-OH is 1. The van der Waals surface area contributed by atoms with Crippen LogP contribution in [0, 0.1) is 0 Å². The molecule has 4 aromatic rings. The molecule has 0 spiro atoms. The van der Waals surface area contributed by atoms with Crippen molar-refractivity contribution < 1.29 is 9.84 Å². The Bertz CT molecular complexity index is 1120. The van der Waals surface area contributed by atoms with Crippen molar-refractivity contribution in [1.29, 1.82) is 0 Å². The first-order valence-electron chi connectivity index (χ1n) is 8.67.